The van der Waals surface area contributed by atoms with Crippen molar-refractivity contribution in [3.8, 4) is 29.0 Å². The number of aromatic hydroxyl groups is 2. The number of aromatic nitrogens is 3. The number of rotatable bonds is 1. The number of phenols is 2. The molecule has 2 aromatic heterocycles. The van der Waals surface area contributed by atoms with E-state index in [0.29, 0.717) is 22.6 Å². The molecule has 0 aliphatic heterocycles. The molecule has 19 heavy (non-hydrogen) atoms. The van der Waals surface area contributed by atoms with Crippen LogP contribution in [0.25, 0.3) is 17.0 Å². The Morgan fingerprint density at radius 3 is 2.74 bits per heavy atom. The van der Waals surface area contributed by atoms with Gasteiger partial charge in [0.15, 0.2) is 11.5 Å². The summed E-state index contributed by atoms with van der Waals surface area (Å²) in [6.45, 7) is 0. The lowest BCUT2D eigenvalue weighted by molar-refractivity contribution is 0.461. The van der Waals surface area contributed by atoms with E-state index >= 15 is 0 Å². The fourth-order valence-corrected chi connectivity index (χ4v) is 1.85. The summed E-state index contributed by atoms with van der Waals surface area (Å²) in [4.78, 5) is 0. The zero-order valence-corrected chi connectivity index (χ0v) is 9.65. The van der Waals surface area contributed by atoms with Crippen LogP contribution in [0.1, 0.15) is 5.56 Å². The van der Waals surface area contributed by atoms with Crippen molar-refractivity contribution in [2.24, 2.45) is 0 Å². The Bertz CT molecular complexity index is 817. The van der Waals surface area contributed by atoms with Crippen molar-refractivity contribution in [2.45, 2.75) is 0 Å². The maximum Gasteiger partial charge on any atom is 0.172 e. The second-order valence-electron chi connectivity index (χ2n) is 3.98. The van der Waals surface area contributed by atoms with Crippen LogP contribution in [-0.4, -0.2) is 24.8 Å². The summed E-state index contributed by atoms with van der Waals surface area (Å²) in [7, 11) is 0. The number of benzene rings is 1. The first-order valence-corrected chi connectivity index (χ1v) is 5.46. The Kier molecular flexibility index (Phi) is 2.32. The van der Waals surface area contributed by atoms with Crippen molar-refractivity contribution in [1.29, 1.82) is 5.26 Å². The standard InChI is InChI=1S/C13H8N4O2/c14-7-8-3-4-17-12(5-8)15-16-13(17)10-6-9(18)1-2-11(10)19/h1-6,18-19H. The van der Waals surface area contributed by atoms with E-state index in [-0.39, 0.29) is 11.5 Å². The van der Waals surface area contributed by atoms with Crippen molar-refractivity contribution in [3.63, 3.8) is 0 Å². The monoisotopic (exact) mass is 252 g/mol. The number of hydrogen-bond acceptors (Lipinski definition) is 5. The van der Waals surface area contributed by atoms with Gasteiger partial charge in [0.2, 0.25) is 0 Å². The van der Waals surface area contributed by atoms with Crippen LogP contribution >= 0.6 is 0 Å². The minimum atomic E-state index is -0.00328. The van der Waals surface area contributed by atoms with Crippen LogP contribution < -0.4 is 0 Å². The van der Waals surface area contributed by atoms with Gasteiger partial charge >= 0.3 is 0 Å². The molecule has 0 bridgehead atoms. The molecule has 0 amide bonds. The third kappa shape index (κ3) is 1.73. The largest absolute Gasteiger partial charge is 0.508 e. The topological polar surface area (TPSA) is 94.4 Å². The molecule has 2 heterocycles. The lowest BCUT2D eigenvalue weighted by atomic mass is 10.1. The summed E-state index contributed by atoms with van der Waals surface area (Å²) >= 11 is 0. The smallest absolute Gasteiger partial charge is 0.172 e. The van der Waals surface area contributed by atoms with Crippen molar-refractivity contribution in [3.05, 3.63) is 42.1 Å². The van der Waals surface area contributed by atoms with Crippen LogP contribution in [0.15, 0.2) is 36.5 Å². The predicted molar refractivity (Wildman–Crippen MR) is 66.5 cm³/mol. The molecule has 0 spiro atoms. The van der Waals surface area contributed by atoms with E-state index < -0.39 is 0 Å². The molecule has 0 aliphatic rings. The summed E-state index contributed by atoms with van der Waals surface area (Å²) in [6.07, 6.45) is 1.65. The first kappa shape index (κ1) is 11.0. The third-order valence-corrected chi connectivity index (χ3v) is 2.76. The van der Waals surface area contributed by atoms with Crippen LogP contribution in [-0.2, 0) is 0 Å². The Labute approximate surface area is 107 Å². The molecule has 0 saturated heterocycles. The number of pyridine rings is 1. The molecule has 0 aliphatic carbocycles. The molecule has 0 saturated carbocycles. The van der Waals surface area contributed by atoms with Gasteiger partial charge in [-0.15, -0.1) is 10.2 Å². The molecule has 92 valence electrons. The zero-order chi connectivity index (χ0) is 13.4. The van der Waals surface area contributed by atoms with Crippen molar-refractivity contribution >= 4 is 5.65 Å². The molecule has 2 N–H and O–H groups in total. The van der Waals surface area contributed by atoms with Crippen molar-refractivity contribution in [2.75, 3.05) is 0 Å². The Morgan fingerprint density at radius 2 is 1.95 bits per heavy atom. The average Bonchev–Trinajstić information content (AvgIpc) is 2.84. The fourth-order valence-electron chi connectivity index (χ4n) is 1.85. The van der Waals surface area contributed by atoms with Crippen LogP contribution in [0.5, 0.6) is 11.5 Å². The lowest BCUT2D eigenvalue weighted by Crippen LogP contribution is -1.90. The van der Waals surface area contributed by atoms with E-state index in [0.717, 1.165) is 0 Å². The van der Waals surface area contributed by atoms with E-state index in [4.69, 9.17) is 5.26 Å². The summed E-state index contributed by atoms with van der Waals surface area (Å²) in [5.74, 6) is 0.419. The van der Waals surface area contributed by atoms with Gasteiger partial charge in [0.1, 0.15) is 11.5 Å². The number of nitrogens with zero attached hydrogens (tertiary/aromatic N) is 4. The van der Waals surface area contributed by atoms with Crippen molar-refractivity contribution in [1.82, 2.24) is 14.6 Å². The van der Waals surface area contributed by atoms with Gasteiger partial charge in [-0.25, -0.2) is 0 Å². The maximum atomic E-state index is 9.82. The summed E-state index contributed by atoms with van der Waals surface area (Å²) in [5.41, 5.74) is 1.35. The lowest BCUT2D eigenvalue weighted by Gasteiger charge is -2.03. The molecular weight excluding hydrogens is 244 g/mol. The summed E-state index contributed by atoms with van der Waals surface area (Å²) in [5, 5.41) is 36.0. The molecule has 0 fully saturated rings. The number of nitriles is 1. The molecule has 3 aromatic rings. The molecule has 6 nitrogen and oxygen atoms in total. The predicted octanol–water partition coefficient (Wildman–Crippen LogP) is 1.68. The van der Waals surface area contributed by atoms with Gasteiger partial charge in [-0.2, -0.15) is 5.26 Å². The first-order chi connectivity index (χ1) is 9.19. The van der Waals surface area contributed by atoms with Crippen LogP contribution in [0, 0.1) is 11.3 Å². The normalized spacial score (nSPS) is 10.5. The highest BCUT2D eigenvalue weighted by atomic mass is 16.3. The number of hydrogen-bond donors (Lipinski definition) is 2. The molecular formula is C13H8N4O2. The van der Waals surface area contributed by atoms with Gasteiger partial charge in [0.25, 0.3) is 0 Å². The van der Waals surface area contributed by atoms with Gasteiger partial charge in [-0.1, -0.05) is 0 Å². The van der Waals surface area contributed by atoms with Crippen LogP contribution in [0.4, 0.5) is 0 Å². The van der Waals surface area contributed by atoms with E-state index in [1.54, 1.807) is 22.7 Å². The van der Waals surface area contributed by atoms with Crippen molar-refractivity contribution < 1.29 is 10.2 Å². The minimum absolute atomic E-state index is 0.00328. The van der Waals surface area contributed by atoms with E-state index in [9.17, 15) is 10.2 Å². The zero-order valence-electron chi connectivity index (χ0n) is 9.65. The minimum Gasteiger partial charge on any atom is -0.508 e. The van der Waals surface area contributed by atoms with E-state index in [2.05, 4.69) is 10.2 Å². The van der Waals surface area contributed by atoms with Gasteiger partial charge in [-0.3, -0.25) is 4.40 Å². The number of phenolic OH excluding ortho intramolecular Hbond substituents is 2. The van der Waals surface area contributed by atoms with E-state index in [1.165, 1.54) is 18.2 Å². The Balaban J connectivity index is 2.26. The van der Waals surface area contributed by atoms with E-state index in [1.807, 2.05) is 6.07 Å². The highest BCUT2D eigenvalue weighted by Crippen LogP contribution is 2.31. The number of fused-ring (bicyclic) bond motifs is 1. The summed E-state index contributed by atoms with van der Waals surface area (Å²) < 4.78 is 1.63. The maximum absolute atomic E-state index is 9.82. The van der Waals surface area contributed by atoms with Crippen LogP contribution in [0.3, 0.4) is 0 Å². The Morgan fingerprint density at radius 1 is 1.11 bits per heavy atom. The average molecular weight is 252 g/mol. The third-order valence-electron chi connectivity index (χ3n) is 2.76. The van der Waals surface area contributed by atoms with Gasteiger partial charge < -0.3 is 10.2 Å². The second kappa shape index (κ2) is 3.99. The SMILES string of the molecule is N#Cc1ccn2c(-c3cc(O)ccc3O)nnc2c1. The first-order valence-electron chi connectivity index (χ1n) is 5.46. The molecule has 0 unspecified atom stereocenters. The Hall–Kier alpha value is -3.07. The summed E-state index contributed by atoms with van der Waals surface area (Å²) in [6, 6.07) is 9.41. The van der Waals surface area contributed by atoms with Gasteiger partial charge in [0.05, 0.1) is 17.2 Å². The van der Waals surface area contributed by atoms with Gasteiger partial charge in [-0.05, 0) is 24.3 Å². The fraction of sp³-hybridized carbons (Fsp3) is 0. The highest BCUT2D eigenvalue weighted by Gasteiger charge is 2.13. The molecule has 0 atom stereocenters. The van der Waals surface area contributed by atoms with Gasteiger partial charge in [0, 0.05) is 12.3 Å². The highest BCUT2D eigenvalue weighted by molar-refractivity contribution is 5.68. The van der Waals surface area contributed by atoms with Crippen LogP contribution in [0.2, 0.25) is 0 Å². The quantitative estimate of drug-likeness (QED) is 0.642. The molecule has 0 radical (unpaired) electrons. The molecule has 6 heteroatoms. The second-order valence-corrected chi connectivity index (χ2v) is 3.98. The molecule has 3 rings (SSSR count). The molecule has 1 aromatic carbocycles.